The highest BCUT2D eigenvalue weighted by Gasteiger charge is 2.23. The van der Waals surface area contributed by atoms with Gasteiger partial charge in [-0.1, -0.05) is 19.3 Å². The predicted molar refractivity (Wildman–Crippen MR) is 82.7 cm³/mol. The minimum absolute atomic E-state index is 0.469. The Hall–Kier alpha value is -2.41. The molecule has 0 aliphatic heterocycles. The summed E-state index contributed by atoms with van der Waals surface area (Å²) in [5.41, 5.74) is 2.68. The average molecular weight is 292 g/mol. The molecular weight excluding hydrogens is 274 g/mol. The molecule has 1 heterocycles. The van der Waals surface area contributed by atoms with Crippen molar-refractivity contribution in [1.82, 2.24) is 9.97 Å². The van der Waals surface area contributed by atoms with E-state index in [0.717, 1.165) is 24.1 Å². The molecule has 1 saturated carbocycles. The number of hydrogen-bond acceptors (Lipinski definition) is 4. The van der Waals surface area contributed by atoms with Crippen LogP contribution in [0.2, 0.25) is 0 Å². The maximum absolute atomic E-state index is 8.85. The standard InChI is InChI=1S/C18H18N3O/c1-13-17(15-5-3-2-4-6-15)18(21-12-20-13)22-16-9-7-14(11-19)8-10-16/h7-10,15H,2-6H2,1H3. The summed E-state index contributed by atoms with van der Waals surface area (Å²) >= 11 is 0. The molecule has 0 saturated heterocycles. The van der Waals surface area contributed by atoms with Gasteiger partial charge in [-0.05, 0) is 49.9 Å². The van der Waals surface area contributed by atoms with E-state index in [0.29, 0.717) is 23.1 Å². The number of hydrogen-bond donors (Lipinski definition) is 0. The topological polar surface area (TPSA) is 58.8 Å². The zero-order chi connectivity index (χ0) is 15.4. The summed E-state index contributed by atoms with van der Waals surface area (Å²) in [4.78, 5) is 8.45. The van der Waals surface area contributed by atoms with Crippen molar-refractivity contribution in [2.75, 3.05) is 0 Å². The van der Waals surface area contributed by atoms with E-state index in [-0.39, 0.29) is 0 Å². The number of rotatable bonds is 3. The van der Waals surface area contributed by atoms with Gasteiger partial charge in [0.15, 0.2) is 0 Å². The van der Waals surface area contributed by atoms with Crippen molar-refractivity contribution in [3.63, 3.8) is 0 Å². The van der Waals surface area contributed by atoms with Crippen LogP contribution in [0.3, 0.4) is 0 Å². The van der Waals surface area contributed by atoms with Crippen LogP contribution in [0.25, 0.3) is 0 Å². The van der Waals surface area contributed by atoms with Crippen LogP contribution >= 0.6 is 0 Å². The molecule has 3 rings (SSSR count). The molecule has 0 bridgehead atoms. The largest absolute Gasteiger partial charge is 0.439 e. The van der Waals surface area contributed by atoms with Crippen molar-refractivity contribution in [3.05, 3.63) is 47.4 Å². The van der Waals surface area contributed by atoms with Crippen LogP contribution in [-0.4, -0.2) is 9.97 Å². The molecule has 1 aliphatic rings. The second kappa shape index (κ2) is 6.57. The maximum Gasteiger partial charge on any atom is 0.226 e. The van der Waals surface area contributed by atoms with Gasteiger partial charge < -0.3 is 4.74 Å². The molecule has 0 atom stereocenters. The number of aromatic nitrogens is 2. The number of benzene rings is 1. The van der Waals surface area contributed by atoms with Crippen molar-refractivity contribution in [2.24, 2.45) is 0 Å². The van der Waals surface area contributed by atoms with Gasteiger partial charge in [-0.3, -0.25) is 0 Å². The van der Waals surface area contributed by atoms with Gasteiger partial charge in [0.2, 0.25) is 12.2 Å². The first-order valence-electron chi connectivity index (χ1n) is 7.70. The molecule has 1 aliphatic carbocycles. The lowest BCUT2D eigenvalue weighted by Gasteiger charge is -2.24. The van der Waals surface area contributed by atoms with Crippen LogP contribution in [-0.2, 0) is 0 Å². The molecule has 0 N–H and O–H groups in total. The second-order valence-electron chi connectivity index (χ2n) is 5.70. The molecule has 1 radical (unpaired) electrons. The third kappa shape index (κ3) is 3.09. The van der Waals surface area contributed by atoms with Gasteiger partial charge in [0.25, 0.3) is 0 Å². The van der Waals surface area contributed by atoms with Crippen molar-refractivity contribution >= 4 is 0 Å². The third-order valence-corrected chi connectivity index (χ3v) is 4.20. The van der Waals surface area contributed by atoms with Gasteiger partial charge in [0.05, 0.1) is 11.6 Å². The first kappa shape index (κ1) is 14.5. The summed E-state index contributed by atoms with van der Waals surface area (Å²) in [6.07, 6.45) is 8.81. The minimum atomic E-state index is 0.469. The molecule has 22 heavy (non-hydrogen) atoms. The van der Waals surface area contributed by atoms with Gasteiger partial charge >= 0.3 is 0 Å². The second-order valence-corrected chi connectivity index (χ2v) is 5.70. The van der Waals surface area contributed by atoms with Crippen molar-refractivity contribution < 1.29 is 4.74 Å². The molecule has 111 valence electrons. The van der Waals surface area contributed by atoms with Crippen LogP contribution in [0.5, 0.6) is 11.6 Å². The molecule has 2 aromatic rings. The summed E-state index contributed by atoms with van der Waals surface area (Å²) in [5.74, 6) is 1.75. The Kier molecular flexibility index (Phi) is 4.34. The van der Waals surface area contributed by atoms with Gasteiger partial charge in [-0.15, -0.1) is 0 Å². The van der Waals surface area contributed by atoms with Crippen LogP contribution in [0.1, 0.15) is 54.8 Å². The smallest absolute Gasteiger partial charge is 0.226 e. The van der Waals surface area contributed by atoms with Gasteiger partial charge in [0, 0.05) is 11.3 Å². The van der Waals surface area contributed by atoms with Crippen molar-refractivity contribution in [1.29, 1.82) is 5.26 Å². The summed E-state index contributed by atoms with van der Waals surface area (Å²) in [6.45, 7) is 1.99. The molecule has 4 heteroatoms. The number of nitriles is 1. The van der Waals surface area contributed by atoms with Crippen LogP contribution in [0.4, 0.5) is 0 Å². The normalized spacial score (nSPS) is 15.3. The maximum atomic E-state index is 8.85. The minimum Gasteiger partial charge on any atom is -0.439 e. The Morgan fingerprint density at radius 2 is 1.86 bits per heavy atom. The Balaban J connectivity index is 1.89. The molecule has 4 nitrogen and oxygen atoms in total. The SMILES string of the molecule is Cc1n[c]nc(Oc2ccc(C#N)cc2)c1C1CCCCC1. The number of aryl methyl sites for hydroxylation is 1. The number of ether oxygens (including phenoxy) is 1. The van der Waals surface area contributed by atoms with Gasteiger partial charge in [-0.25, -0.2) is 4.98 Å². The van der Waals surface area contributed by atoms with E-state index in [1.165, 1.54) is 19.3 Å². The molecular formula is C18H18N3O. The summed E-state index contributed by atoms with van der Waals surface area (Å²) in [6, 6.07) is 9.17. The predicted octanol–water partition coefficient (Wildman–Crippen LogP) is 4.30. The third-order valence-electron chi connectivity index (χ3n) is 4.20. The molecule has 0 spiro atoms. The average Bonchev–Trinajstić information content (AvgIpc) is 2.56. The quantitative estimate of drug-likeness (QED) is 0.846. The Bertz CT molecular complexity index is 682. The highest BCUT2D eigenvalue weighted by Crippen LogP contribution is 2.38. The first-order chi connectivity index (χ1) is 10.8. The van der Waals surface area contributed by atoms with Crippen LogP contribution in [0, 0.1) is 24.6 Å². The van der Waals surface area contributed by atoms with Crippen molar-refractivity contribution in [3.8, 4) is 17.7 Å². The first-order valence-corrected chi connectivity index (χ1v) is 7.70. The fraction of sp³-hybridized carbons (Fsp3) is 0.389. The van der Waals surface area contributed by atoms with Gasteiger partial charge in [-0.2, -0.15) is 10.2 Å². The zero-order valence-electron chi connectivity index (χ0n) is 12.7. The lowest BCUT2D eigenvalue weighted by atomic mass is 9.84. The van der Waals surface area contributed by atoms with E-state index >= 15 is 0 Å². The molecule has 0 unspecified atom stereocenters. The molecule has 0 amide bonds. The van der Waals surface area contributed by atoms with Crippen LogP contribution < -0.4 is 4.74 Å². The van der Waals surface area contributed by atoms with E-state index in [9.17, 15) is 0 Å². The summed E-state index contributed by atoms with van der Waals surface area (Å²) < 4.78 is 5.95. The lowest BCUT2D eigenvalue weighted by Crippen LogP contribution is -2.10. The van der Waals surface area contributed by atoms with E-state index in [1.807, 2.05) is 6.92 Å². The summed E-state index contributed by atoms with van der Waals surface area (Å²) in [7, 11) is 0. The van der Waals surface area contributed by atoms with E-state index in [1.54, 1.807) is 24.3 Å². The zero-order valence-corrected chi connectivity index (χ0v) is 12.7. The number of nitrogens with zero attached hydrogens (tertiary/aromatic N) is 3. The van der Waals surface area contributed by atoms with E-state index in [2.05, 4.69) is 22.4 Å². The fourth-order valence-electron chi connectivity index (χ4n) is 3.07. The Morgan fingerprint density at radius 3 is 2.55 bits per heavy atom. The van der Waals surface area contributed by atoms with E-state index in [4.69, 9.17) is 10.00 Å². The van der Waals surface area contributed by atoms with Crippen LogP contribution in [0.15, 0.2) is 24.3 Å². The Morgan fingerprint density at radius 1 is 1.14 bits per heavy atom. The Labute approximate surface area is 130 Å². The van der Waals surface area contributed by atoms with Crippen molar-refractivity contribution in [2.45, 2.75) is 44.9 Å². The highest BCUT2D eigenvalue weighted by atomic mass is 16.5. The fourth-order valence-corrected chi connectivity index (χ4v) is 3.07. The molecule has 1 fully saturated rings. The molecule has 1 aromatic heterocycles. The summed E-state index contributed by atoms with van der Waals surface area (Å²) in [5, 5.41) is 8.85. The monoisotopic (exact) mass is 292 g/mol. The molecule has 1 aromatic carbocycles. The van der Waals surface area contributed by atoms with E-state index < -0.39 is 0 Å². The highest BCUT2D eigenvalue weighted by molar-refractivity contribution is 5.39. The lowest BCUT2D eigenvalue weighted by molar-refractivity contribution is 0.406. The van der Waals surface area contributed by atoms with Gasteiger partial charge in [0.1, 0.15) is 5.75 Å².